The Morgan fingerprint density at radius 2 is 1.57 bits per heavy atom. The maximum Gasteiger partial charge on any atom is 0.309 e. The third kappa shape index (κ3) is 8.32. The van der Waals surface area contributed by atoms with Gasteiger partial charge >= 0.3 is 5.97 Å². The first-order valence-corrected chi connectivity index (χ1v) is 22.4. The minimum atomic E-state index is -1.11. The van der Waals surface area contributed by atoms with Gasteiger partial charge in [0.2, 0.25) is 0 Å². The van der Waals surface area contributed by atoms with E-state index in [1.165, 1.54) is 0 Å². The van der Waals surface area contributed by atoms with Crippen molar-refractivity contribution < 1.29 is 48.6 Å². The number of aliphatic hydroxyl groups excluding tert-OH is 1. The van der Waals surface area contributed by atoms with Gasteiger partial charge in [-0.2, -0.15) is 0 Å². The maximum atomic E-state index is 14.6. The van der Waals surface area contributed by atoms with Crippen molar-refractivity contribution in [2.24, 2.45) is 41.4 Å². The number of carboxylic acid groups (broad SMARTS) is 1. The van der Waals surface area contributed by atoms with Crippen molar-refractivity contribution in [1.82, 2.24) is 5.32 Å². The summed E-state index contributed by atoms with van der Waals surface area (Å²) in [5.41, 5.74) is -1.47. The Hall–Kier alpha value is -1.44. The average molecular weight is 790 g/mol. The number of carbonyl (C=O) groups excluding carboxylic acids is 1. The number of nitrogens with one attached hydrogen (secondary N) is 1. The molecule has 2 unspecified atom stereocenters. The Kier molecular flexibility index (Phi) is 13.3. The summed E-state index contributed by atoms with van der Waals surface area (Å²) < 4.78 is 34.7. The van der Waals surface area contributed by atoms with Crippen LogP contribution >= 0.6 is 0 Å². The van der Waals surface area contributed by atoms with Crippen LogP contribution in [0, 0.1) is 41.4 Å². The molecule has 4 N–H and O–H groups in total. The lowest BCUT2D eigenvalue weighted by Crippen LogP contribution is -2.65. The number of hydrogen-bond donors (Lipinski definition) is 4. The van der Waals surface area contributed by atoms with Crippen molar-refractivity contribution in [3.8, 4) is 0 Å². The standard InChI is InChI=1S/C45H75NO10/c1-11-32(41(49)50)34-17-14-25(4)39(53-34)29(8)37(47)28(7)38(48)33(12-2)40-26(5)24-27(6)44(54-40)21-18-35(46-31-15-16-31)45(56-44)23-22-42(10,55-45)36-19-20-43(51,13-3)30(9)52-36/h18,21,25-37,39-40,46-47,51H,11-17,19-20,22-24H2,1-10H3,(H,49,50)/t25-,26-,27+,28-,29-,30-,32?,33-,34+,35+,36+,37+,39?,40-,42-,43+,44-,45-/m0/s1. The fourth-order valence-electron chi connectivity index (χ4n) is 11.2. The second kappa shape index (κ2) is 16.9. The van der Waals surface area contributed by atoms with Gasteiger partial charge in [-0.3, -0.25) is 9.59 Å². The Balaban J connectivity index is 1.20. The van der Waals surface area contributed by atoms with E-state index >= 15 is 0 Å². The van der Waals surface area contributed by atoms with Crippen LogP contribution in [0.4, 0.5) is 0 Å². The largest absolute Gasteiger partial charge is 0.481 e. The van der Waals surface area contributed by atoms with Gasteiger partial charge < -0.3 is 44.3 Å². The predicted octanol–water partition coefficient (Wildman–Crippen LogP) is 6.95. The Morgan fingerprint density at radius 1 is 0.875 bits per heavy atom. The van der Waals surface area contributed by atoms with Crippen LogP contribution in [-0.2, 0) is 33.3 Å². The van der Waals surface area contributed by atoms with Gasteiger partial charge in [-0.1, -0.05) is 61.5 Å². The second-order valence-corrected chi connectivity index (χ2v) is 19.4. The summed E-state index contributed by atoms with van der Waals surface area (Å²) in [5.74, 6) is -4.95. The van der Waals surface area contributed by atoms with E-state index in [0.29, 0.717) is 51.0 Å². The van der Waals surface area contributed by atoms with Crippen LogP contribution in [0.2, 0.25) is 0 Å². The zero-order valence-electron chi connectivity index (χ0n) is 36.0. The lowest BCUT2D eigenvalue weighted by Gasteiger charge is -2.55. The molecular weight excluding hydrogens is 714 g/mol. The second-order valence-electron chi connectivity index (χ2n) is 19.4. The Bertz CT molecular complexity index is 1420. The highest BCUT2D eigenvalue weighted by atomic mass is 16.8. The summed E-state index contributed by atoms with van der Waals surface area (Å²) in [5, 5.41) is 36.6. The molecule has 1 aliphatic carbocycles. The number of carbonyl (C=O) groups is 2. The van der Waals surface area contributed by atoms with E-state index in [0.717, 1.165) is 32.1 Å². The van der Waals surface area contributed by atoms with Crippen LogP contribution in [0.25, 0.3) is 0 Å². The molecule has 5 heterocycles. The van der Waals surface area contributed by atoms with Crippen LogP contribution in [-0.4, -0.2) is 98.6 Å². The first-order valence-electron chi connectivity index (χ1n) is 22.4. The lowest BCUT2D eigenvalue weighted by atomic mass is 9.72. The zero-order chi connectivity index (χ0) is 41.0. The minimum absolute atomic E-state index is 0.0176. The van der Waals surface area contributed by atoms with Crippen molar-refractivity contribution in [2.45, 2.75) is 218 Å². The molecule has 0 aromatic carbocycles. The molecule has 0 bridgehead atoms. The monoisotopic (exact) mass is 790 g/mol. The summed E-state index contributed by atoms with van der Waals surface area (Å²) in [6, 6.07) is 0.227. The molecule has 11 heteroatoms. The van der Waals surface area contributed by atoms with Gasteiger partial charge in [0, 0.05) is 36.1 Å². The Labute approximate surface area is 336 Å². The van der Waals surface area contributed by atoms with Crippen LogP contribution in [0.15, 0.2) is 12.2 Å². The summed E-state index contributed by atoms with van der Waals surface area (Å²) in [7, 11) is 0. The van der Waals surface area contributed by atoms with E-state index in [2.05, 4.69) is 45.2 Å². The van der Waals surface area contributed by atoms with Crippen molar-refractivity contribution in [1.29, 1.82) is 0 Å². The predicted molar refractivity (Wildman–Crippen MR) is 213 cm³/mol. The molecule has 5 fully saturated rings. The van der Waals surface area contributed by atoms with Gasteiger partial charge in [0.05, 0.1) is 59.8 Å². The number of hydrogen-bond acceptors (Lipinski definition) is 10. The van der Waals surface area contributed by atoms with E-state index in [1.54, 1.807) is 0 Å². The number of carboxylic acids is 1. The fourth-order valence-corrected chi connectivity index (χ4v) is 11.2. The SMILES string of the molecule is CCC(C(=O)O)[C@H]1CC[C@H](C)C([C@@H](C)[C@H](O)[C@H](C)C(=O)[C@H](CC)[C@H]2O[C@]3(C=C[C@@H](NC4CC4)[C@]4(CC[C@@](C)([C@H]5CC[C@](O)(CC)[C@H](C)O5)O4)O3)[C@H](C)C[C@@H]2C)O1. The van der Waals surface area contributed by atoms with E-state index < -0.39 is 64.8 Å². The van der Waals surface area contributed by atoms with Crippen LogP contribution in [0.1, 0.15) is 146 Å². The lowest BCUT2D eigenvalue weighted by molar-refractivity contribution is -0.398. The first kappa shape index (κ1) is 44.1. The highest BCUT2D eigenvalue weighted by Gasteiger charge is 2.63. The summed E-state index contributed by atoms with van der Waals surface area (Å²) >= 11 is 0. The minimum Gasteiger partial charge on any atom is -0.481 e. The van der Waals surface area contributed by atoms with E-state index in [-0.39, 0.29) is 53.8 Å². The number of aliphatic hydroxyl groups is 2. The van der Waals surface area contributed by atoms with Crippen molar-refractivity contribution in [3.05, 3.63) is 12.2 Å². The van der Waals surface area contributed by atoms with Crippen molar-refractivity contribution in [3.63, 3.8) is 0 Å². The zero-order valence-corrected chi connectivity index (χ0v) is 36.0. The quantitative estimate of drug-likeness (QED) is 0.135. The normalized spacial score (nSPS) is 45.7. The molecule has 0 aromatic heterocycles. The molecule has 18 atom stereocenters. The molecule has 4 saturated heterocycles. The topological polar surface area (TPSA) is 153 Å². The third-order valence-electron chi connectivity index (χ3n) is 15.5. The van der Waals surface area contributed by atoms with Gasteiger partial charge in [0.25, 0.3) is 0 Å². The molecule has 56 heavy (non-hydrogen) atoms. The molecular formula is C45H75NO10. The number of Topliss-reactive ketones (excluding diaryl/α,β-unsaturated/α-hetero) is 1. The van der Waals surface area contributed by atoms with Gasteiger partial charge in [-0.05, 0) is 102 Å². The maximum absolute atomic E-state index is 14.6. The highest BCUT2D eigenvalue weighted by Crippen LogP contribution is 2.54. The molecule has 320 valence electrons. The van der Waals surface area contributed by atoms with Gasteiger partial charge in [0.1, 0.15) is 5.78 Å². The summed E-state index contributed by atoms with van der Waals surface area (Å²) in [4.78, 5) is 26.6. The van der Waals surface area contributed by atoms with Crippen molar-refractivity contribution >= 4 is 11.8 Å². The molecule has 6 aliphatic rings. The summed E-state index contributed by atoms with van der Waals surface area (Å²) in [6.45, 7) is 20.1. The molecule has 11 nitrogen and oxygen atoms in total. The fraction of sp³-hybridized carbons (Fsp3) is 0.911. The molecule has 0 radical (unpaired) electrons. The van der Waals surface area contributed by atoms with E-state index in [1.807, 2.05) is 41.5 Å². The molecule has 0 aromatic rings. The Morgan fingerprint density at radius 3 is 2.18 bits per heavy atom. The molecule has 1 saturated carbocycles. The molecule has 0 amide bonds. The smallest absolute Gasteiger partial charge is 0.309 e. The molecule has 5 aliphatic heterocycles. The van der Waals surface area contributed by atoms with Crippen LogP contribution < -0.4 is 5.32 Å². The first-order chi connectivity index (χ1) is 26.4. The number of ketones is 1. The van der Waals surface area contributed by atoms with E-state index in [4.69, 9.17) is 23.7 Å². The molecule has 6 rings (SSSR count). The third-order valence-corrected chi connectivity index (χ3v) is 15.5. The number of ether oxygens (including phenoxy) is 5. The van der Waals surface area contributed by atoms with Crippen LogP contribution in [0.3, 0.4) is 0 Å². The van der Waals surface area contributed by atoms with Crippen molar-refractivity contribution in [2.75, 3.05) is 0 Å². The van der Waals surface area contributed by atoms with E-state index in [9.17, 15) is 24.9 Å². The van der Waals surface area contributed by atoms with Gasteiger partial charge in [-0.25, -0.2) is 0 Å². The summed E-state index contributed by atoms with van der Waals surface area (Å²) in [6.07, 6.45) is 10.5. The van der Waals surface area contributed by atoms with Gasteiger partial charge in [0.15, 0.2) is 11.6 Å². The molecule has 2 spiro atoms. The van der Waals surface area contributed by atoms with Crippen LogP contribution in [0.5, 0.6) is 0 Å². The number of rotatable bonds is 14. The van der Waals surface area contributed by atoms with Gasteiger partial charge in [-0.15, -0.1) is 0 Å². The highest BCUT2D eigenvalue weighted by molar-refractivity contribution is 5.84. The average Bonchev–Trinajstić information content (AvgIpc) is 3.93. The number of aliphatic carboxylic acids is 1.